The molecule has 0 spiro atoms. The number of rotatable bonds is 7. The molecule has 0 unspecified atom stereocenters. The van der Waals surface area contributed by atoms with E-state index in [9.17, 15) is 0 Å². The van der Waals surface area contributed by atoms with Crippen LogP contribution in [0.2, 0.25) is 0 Å². The average molecular weight is 275 g/mol. The molecule has 0 saturated heterocycles. The monoisotopic (exact) mass is 275 g/mol. The summed E-state index contributed by atoms with van der Waals surface area (Å²) in [5.74, 6) is 0.691. The van der Waals surface area contributed by atoms with Gasteiger partial charge in [-0.3, -0.25) is 4.98 Å². The highest BCUT2D eigenvalue weighted by Crippen LogP contribution is 2.30. The number of nitrogens with zero attached hydrogens (tertiary/aromatic N) is 2. The van der Waals surface area contributed by atoms with Gasteiger partial charge in [-0.2, -0.15) is 0 Å². The Morgan fingerprint density at radius 2 is 2.10 bits per heavy atom. The first-order valence-electron chi connectivity index (χ1n) is 8.12. The van der Waals surface area contributed by atoms with Gasteiger partial charge in [0.1, 0.15) is 0 Å². The maximum Gasteiger partial charge on any atom is 0.0445 e. The third kappa shape index (κ3) is 3.95. The summed E-state index contributed by atoms with van der Waals surface area (Å²) >= 11 is 0. The molecule has 1 saturated carbocycles. The van der Waals surface area contributed by atoms with Gasteiger partial charge >= 0.3 is 0 Å². The Morgan fingerprint density at radius 3 is 2.75 bits per heavy atom. The Labute approximate surface area is 123 Å². The smallest absolute Gasteiger partial charge is 0.0445 e. The molecular formula is C17H29N3. The van der Waals surface area contributed by atoms with Crippen LogP contribution in [0.15, 0.2) is 18.5 Å². The molecule has 1 aliphatic rings. The Kier molecular flexibility index (Phi) is 5.84. The van der Waals surface area contributed by atoms with Gasteiger partial charge < -0.3 is 10.2 Å². The molecule has 0 bridgehead atoms. The predicted octanol–water partition coefficient (Wildman–Crippen LogP) is 3.60. The van der Waals surface area contributed by atoms with E-state index < -0.39 is 0 Å². The van der Waals surface area contributed by atoms with Gasteiger partial charge in [0.25, 0.3) is 0 Å². The van der Waals surface area contributed by atoms with Crippen LogP contribution in [0.5, 0.6) is 0 Å². The molecule has 1 N–H and O–H groups in total. The minimum absolute atomic E-state index is 0.691. The van der Waals surface area contributed by atoms with E-state index in [4.69, 9.17) is 0 Å². The second-order valence-corrected chi connectivity index (χ2v) is 6.27. The van der Waals surface area contributed by atoms with Crippen LogP contribution in [-0.4, -0.2) is 24.1 Å². The number of nitrogens with one attached hydrogen (secondary N) is 1. The minimum Gasteiger partial charge on any atom is -0.368 e. The summed E-state index contributed by atoms with van der Waals surface area (Å²) in [5, 5.41) is 3.44. The first-order chi connectivity index (χ1) is 9.72. The van der Waals surface area contributed by atoms with Crippen LogP contribution in [0.25, 0.3) is 0 Å². The van der Waals surface area contributed by atoms with Gasteiger partial charge in [-0.05, 0) is 31.4 Å². The highest BCUT2D eigenvalue weighted by atomic mass is 15.2. The fourth-order valence-corrected chi connectivity index (χ4v) is 3.15. The Balaban J connectivity index is 2.22. The fourth-order valence-electron chi connectivity index (χ4n) is 3.15. The maximum atomic E-state index is 4.32. The van der Waals surface area contributed by atoms with E-state index in [1.165, 1.54) is 36.9 Å². The molecule has 0 aromatic carbocycles. The summed E-state index contributed by atoms with van der Waals surface area (Å²) in [5.41, 5.74) is 2.73. The van der Waals surface area contributed by atoms with Gasteiger partial charge in [0.15, 0.2) is 0 Å². The van der Waals surface area contributed by atoms with Crippen LogP contribution in [-0.2, 0) is 6.54 Å². The van der Waals surface area contributed by atoms with Gasteiger partial charge in [-0.15, -0.1) is 0 Å². The summed E-state index contributed by atoms with van der Waals surface area (Å²) in [4.78, 5) is 6.96. The second kappa shape index (κ2) is 7.63. The largest absolute Gasteiger partial charge is 0.368 e. The van der Waals surface area contributed by atoms with Crippen molar-refractivity contribution < 1.29 is 0 Å². The molecule has 0 atom stereocenters. The first kappa shape index (κ1) is 15.3. The van der Waals surface area contributed by atoms with Crippen LogP contribution in [0.4, 0.5) is 5.69 Å². The van der Waals surface area contributed by atoms with Crippen LogP contribution in [0, 0.1) is 5.92 Å². The molecule has 1 aromatic heterocycles. The molecule has 3 nitrogen and oxygen atoms in total. The van der Waals surface area contributed by atoms with Crippen molar-refractivity contribution >= 4 is 5.69 Å². The fraction of sp³-hybridized carbons (Fsp3) is 0.706. The van der Waals surface area contributed by atoms with Crippen LogP contribution in [0.3, 0.4) is 0 Å². The number of hydrogen-bond donors (Lipinski definition) is 1. The summed E-state index contributed by atoms with van der Waals surface area (Å²) < 4.78 is 0. The van der Waals surface area contributed by atoms with Crippen molar-refractivity contribution in [1.29, 1.82) is 0 Å². The average Bonchev–Trinajstić information content (AvgIpc) is 2.97. The van der Waals surface area contributed by atoms with Gasteiger partial charge in [0, 0.05) is 42.8 Å². The lowest BCUT2D eigenvalue weighted by atomic mass is 10.1. The Hall–Kier alpha value is -1.09. The summed E-state index contributed by atoms with van der Waals surface area (Å²) in [6, 6.07) is 2.92. The topological polar surface area (TPSA) is 28.2 Å². The van der Waals surface area contributed by atoms with Crippen molar-refractivity contribution in [2.24, 2.45) is 5.92 Å². The van der Waals surface area contributed by atoms with E-state index in [-0.39, 0.29) is 0 Å². The lowest BCUT2D eigenvalue weighted by Crippen LogP contribution is -2.37. The van der Waals surface area contributed by atoms with E-state index in [0.29, 0.717) is 5.92 Å². The molecule has 1 aromatic rings. The van der Waals surface area contributed by atoms with E-state index >= 15 is 0 Å². The highest BCUT2D eigenvalue weighted by molar-refractivity contribution is 5.53. The lowest BCUT2D eigenvalue weighted by molar-refractivity contribution is 0.533. The molecule has 1 heterocycles. The molecule has 20 heavy (non-hydrogen) atoms. The molecule has 0 radical (unpaired) electrons. The molecular weight excluding hydrogens is 246 g/mol. The van der Waals surface area contributed by atoms with Crippen molar-refractivity contribution in [2.75, 3.05) is 18.0 Å². The van der Waals surface area contributed by atoms with Crippen LogP contribution >= 0.6 is 0 Å². The SMILES string of the molecule is CCNCc1cnccc1N(CC(C)C)C1CCCC1. The number of pyridine rings is 1. The van der Waals surface area contributed by atoms with E-state index in [0.717, 1.165) is 25.7 Å². The number of anilines is 1. The zero-order chi connectivity index (χ0) is 14.4. The standard InChI is InChI=1S/C17H29N3/c1-4-18-11-15-12-19-10-9-17(15)20(13-14(2)3)16-7-5-6-8-16/h9-10,12,14,16,18H,4-8,11,13H2,1-3H3. The summed E-state index contributed by atoms with van der Waals surface area (Å²) in [7, 11) is 0. The molecule has 1 aliphatic carbocycles. The molecule has 1 fully saturated rings. The Bertz CT molecular complexity index is 397. The molecule has 0 aliphatic heterocycles. The number of hydrogen-bond acceptors (Lipinski definition) is 3. The van der Waals surface area contributed by atoms with Crippen molar-refractivity contribution in [2.45, 2.75) is 59.0 Å². The second-order valence-electron chi connectivity index (χ2n) is 6.27. The van der Waals surface area contributed by atoms with Crippen molar-refractivity contribution in [3.8, 4) is 0 Å². The van der Waals surface area contributed by atoms with E-state index in [2.05, 4.69) is 42.0 Å². The minimum atomic E-state index is 0.691. The van der Waals surface area contributed by atoms with E-state index in [1.807, 2.05) is 12.4 Å². The first-order valence-corrected chi connectivity index (χ1v) is 8.12. The maximum absolute atomic E-state index is 4.32. The predicted molar refractivity (Wildman–Crippen MR) is 86.1 cm³/mol. The zero-order valence-electron chi connectivity index (χ0n) is 13.2. The van der Waals surface area contributed by atoms with Crippen molar-refractivity contribution in [3.05, 3.63) is 24.0 Å². The molecule has 0 amide bonds. The van der Waals surface area contributed by atoms with Crippen molar-refractivity contribution in [3.63, 3.8) is 0 Å². The number of aromatic nitrogens is 1. The van der Waals surface area contributed by atoms with Crippen LogP contribution < -0.4 is 10.2 Å². The van der Waals surface area contributed by atoms with Gasteiger partial charge in [-0.1, -0.05) is 33.6 Å². The van der Waals surface area contributed by atoms with Gasteiger partial charge in [0.2, 0.25) is 0 Å². The summed E-state index contributed by atoms with van der Waals surface area (Å²) in [6.45, 7) is 9.84. The third-order valence-electron chi connectivity index (χ3n) is 4.08. The molecule has 3 heteroatoms. The highest BCUT2D eigenvalue weighted by Gasteiger charge is 2.24. The molecule has 112 valence electrons. The third-order valence-corrected chi connectivity index (χ3v) is 4.08. The lowest BCUT2D eigenvalue weighted by Gasteiger charge is -2.34. The summed E-state index contributed by atoms with van der Waals surface area (Å²) in [6.07, 6.45) is 9.42. The van der Waals surface area contributed by atoms with Crippen molar-refractivity contribution in [1.82, 2.24) is 10.3 Å². The zero-order valence-corrected chi connectivity index (χ0v) is 13.2. The van der Waals surface area contributed by atoms with Crippen LogP contribution in [0.1, 0.15) is 52.0 Å². The van der Waals surface area contributed by atoms with E-state index in [1.54, 1.807) is 0 Å². The quantitative estimate of drug-likeness (QED) is 0.824. The van der Waals surface area contributed by atoms with Gasteiger partial charge in [-0.25, -0.2) is 0 Å². The normalized spacial score (nSPS) is 16.0. The molecule has 2 rings (SSSR count). The van der Waals surface area contributed by atoms with Gasteiger partial charge in [0.05, 0.1) is 0 Å². The Morgan fingerprint density at radius 1 is 1.35 bits per heavy atom.